The van der Waals surface area contributed by atoms with E-state index < -0.39 is 45.6 Å². The van der Waals surface area contributed by atoms with Crippen LogP contribution in [0.3, 0.4) is 0 Å². The van der Waals surface area contributed by atoms with Crippen molar-refractivity contribution in [2.45, 2.75) is 6.61 Å². The van der Waals surface area contributed by atoms with Gasteiger partial charge in [0.1, 0.15) is 11.4 Å². The van der Waals surface area contributed by atoms with Crippen molar-refractivity contribution in [3.8, 4) is 0 Å². The molecule has 0 aromatic heterocycles. The van der Waals surface area contributed by atoms with Crippen molar-refractivity contribution in [2.24, 2.45) is 0 Å². The molecule has 0 aliphatic carbocycles. The molecule has 0 atom stereocenters. The van der Waals surface area contributed by atoms with Gasteiger partial charge in [-0.25, -0.2) is 18.0 Å². The van der Waals surface area contributed by atoms with E-state index in [4.69, 9.17) is 0 Å². The highest BCUT2D eigenvalue weighted by Gasteiger charge is 2.28. The van der Waals surface area contributed by atoms with E-state index in [0.717, 1.165) is 7.11 Å². The fourth-order valence-electron chi connectivity index (χ4n) is 1.23. The highest BCUT2D eigenvalue weighted by molar-refractivity contribution is 9.10. The second kappa shape index (κ2) is 5.50. The maximum atomic E-state index is 13.6. The third kappa shape index (κ3) is 2.44. The zero-order valence-electron chi connectivity index (χ0n) is 8.94. The average molecular weight is 313 g/mol. The zero-order chi connectivity index (χ0) is 13.2. The predicted octanol–water partition coefficient (Wildman–Crippen LogP) is 2.80. The van der Waals surface area contributed by atoms with Crippen LogP contribution >= 0.6 is 15.9 Å². The molecule has 0 saturated heterocycles. The van der Waals surface area contributed by atoms with Crippen LogP contribution in [0.5, 0.6) is 0 Å². The van der Waals surface area contributed by atoms with Crippen LogP contribution in [0.1, 0.15) is 15.9 Å². The summed E-state index contributed by atoms with van der Waals surface area (Å²) in [4.78, 5) is 11.2. The maximum absolute atomic E-state index is 13.6. The number of ether oxygens (including phenoxy) is 2. The summed E-state index contributed by atoms with van der Waals surface area (Å²) in [6.45, 7) is -0.450. The second-order valence-electron chi connectivity index (χ2n) is 3.03. The van der Waals surface area contributed by atoms with Crippen LogP contribution in [-0.4, -0.2) is 20.2 Å². The van der Waals surface area contributed by atoms with E-state index in [2.05, 4.69) is 25.4 Å². The van der Waals surface area contributed by atoms with Crippen LogP contribution in [0.25, 0.3) is 0 Å². The number of rotatable bonds is 3. The first-order chi connectivity index (χ1) is 7.95. The van der Waals surface area contributed by atoms with Gasteiger partial charge in [0.25, 0.3) is 0 Å². The molecule has 0 fully saturated rings. The SMILES string of the molecule is COCc1c(F)c(F)c(C(=O)OC)c(Br)c1F. The number of carbonyl (C=O) groups is 1. The Morgan fingerprint density at radius 1 is 1.18 bits per heavy atom. The number of hydrogen-bond donors (Lipinski definition) is 0. The maximum Gasteiger partial charge on any atom is 0.342 e. The monoisotopic (exact) mass is 312 g/mol. The van der Waals surface area contributed by atoms with Crippen molar-refractivity contribution in [1.82, 2.24) is 0 Å². The Balaban J connectivity index is 3.52. The fraction of sp³-hybridized carbons (Fsp3) is 0.300. The van der Waals surface area contributed by atoms with Gasteiger partial charge in [0.05, 0.1) is 23.8 Å². The van der Waals surface area contributed by atoms with Crippen LogP contribution in [-0.2, 0) is 16.1 Å². The topological polar surface area (TPSA) is 35.5 Å². The van der Waals surface area contributed by atoms with E-state index in [9.17, 15) is 18.0 Å². The average Bonchev–Trinajstić information content (AvgIpc) is 2.32. The number of methoxy groups -OCH3 is 2. The summed E-state index contributed by atoms with van der Waals surface area (Å²) < 4.78 is 48.9. The lowest BCUT2D eigenvalue weighted by atomic mass is 10.1. The number of carbonyl (C=O) groups excluding carboxylic acids is 1. The van der Waals surface area contributed by atoms with E-state index >= 15 is 0 Å². The van der Waals surface area contributed by atoms with E-state index in [1.54, 1.807) is 0 Å². The molecule has 0 spiro atoms. The second-order valence-corrected chi connectivity index (χ2v) is 3.83. The normalized spacial score (nSPS) is 10.5. The molecule has 0 bridgehead atoms. The summed E-state index contributed by atoms with van der Waals surface area (Å²) in [6, 6.07) is 0. The molecule has 0 heterocycles. The van der Waals surface area contributed by atoms with Gasteiger partial charge in [0.2, 0.25) is 0 Å². The molecule has 17 heavy (non-hydrogen) atoms. The third-order valence-corrected chi connectivity index (χ3v) is 2.78. The van der Waals surface area contributed by atoms with Gasteiger partial charge in [0, 0.05) is 7.11 Å². The molecule has 0 amide bonds. The summed E-state index contributed by atoms with van der Waals surface area (Å²) in [6.07, 6.45) is 0. The molecule has 0 aliphatic heterocycles. The number of esters is 1. The first-order valence-electron chi connectivity index (χ1n) is 4.37. The Morgan fingerprint density at radius 3 is 2.24 bits per heavy atom. The molecular weight excluding hydrogens is 305 g/mol. The summed E-state index contributed by atoms with van der Waals surface area (Å²) in [5.74, 6) is -5.20. The lowest BCUT2D eigenvalue weighted by Crippen LogP contribution is -2.12. The molecule has 0 unspecified atom stereocenters. The van der Waals surface area contributed by atoms with Crippen molar-refractivity contribution >= 4 is 21.9 Å². The molecule has 94 valence electrons. The lowest BCUT2D eigenvalue weighted by Gasteiger charge is -2.11. The number of hydrogen-bond acceptors (Lipinski definition) is 3. The Hall–Kier alpha value is -1.08. The van der Waals surface area contributed by atoms with Gasteiger partial charge < -0.3 is 9.47 Å². The van der Waals surface area contributed by atoms with Crippen LogP contribution in [0.4, 0.5) is 13.2 Å². The summed E-state index contributed by atoms with van der Waals surface area (Å²) >= 11 is 2.69. The lowest BCUT2D eigenvalue weighted by molar-refractivity contribution is 0.0591. The number of halogens is 4. The van der Waals surface area contributed by atoms with Crippen molar-refractivity contribution in [3.05, 3.63) is 33.1 Å². The van der Waals surface area contributed by atoms with Crippen molar-refractivity contribution in [2.75, 3.05) is 14.2 Å². The van der Waals surface area contributed by atoms with E-state index in [1.165, 1.54) is 7.11 Å². The standard InChI is InChI=1S/C10H8BrF3O3/c1-16-3-4-7(12)6(11)5(10(15)17-2)9(14)8(4)13/h3H2,1-2H3. The Bertz CT molecular complexity index is 434. The summed E-state index contributed by atoms with van der Waals surface area (Å²) in [7, 11) is 2.19. The smallest absolute Gasteiger partial charge is 0.342 e. The van der Waals surface area contributed by atoms with Crippen LogP contribution < -0.4 is 0 Å². The first kappa shape index (κ1) is 14.0. The Labute approximate surface area is 104 Å². The first-order valence-corrected chi connectivity index (χ1v) is 5.17. The van der Waals surface area contributed by atoms with E-state index in [0.29, 0.717) is 0 Å². The Morgan fingerprint density at radius 2 is 1.76 bits per heavy atom. The van der Waals surface area contributed by atoms with E-state index in [1.807, 2.05) is 0 Å². The van der Waals surface area contributed by atoms with Gasteiger partial charge >= 0.3 is 5.97 Å². The highest BCUT2D eigenvalue weighted by Crippen LogP contribution is 2.30. The van der Waals surface area contributed by atoms with Crippen LogP contribution in [0, 0.1) is 17.5 Å². The molecule has 3 nitrogen and oxygen atoms in total. The van der Waals surface area contributed by atoms with Crippen LogP contribution in [0.15, 0.2) is 4.47 Å². The minimum Gasteiger partial charge on any atom is -0.465 e. The fourth-order valence-corrected chi connectivity index (χ4v) is 1.80. The summed E-state index contributed by atoms with van der Waals surface area (Å²) in [5.41, 5.74) is -1.41. The third-order valence-electron chi connectivity index (χ3n) is 2.03. The van der Waals surface area contributed by atoms with Crippen molar-refractivity contribution in [1.29, 1.82) is 0 Å². The number of benzene rings is 1. The highest BCUT2D eigenvalue weighted by atomic mass is 79.9. The molecule has 1 aromatic rings. The van der Waals surface area contributed by atoms with Crippen molar-refractivity contribution in [3.63, 3.8) is 0 Å². The van der Waals surface area contributed by atoms with Gasteiger partial charge in [-0.15, -0.1) is 0 Å². The summed E-state index contributed by atoms with van der Waals surface area (Å²) in [5, 5.41) is 0. The molecular formula is C10H8BrF3O3. The zero-order valence-corrected chi connectivity index (χ0v) is 10.5. The largest absolute Gasteiger partial charge is 0.465 e. The van der Waals surface area contributed by atoms with E-state index in [-0.39, 0.29) is 0 Å². The minimum atomic E-state index is -1.47. The van der Waals surface area contributed by atoms with Gasteiger partial charge in [-0.2, -0.15) is 0 Å². The molecule has 1 aromatic carbocycles. The molecule has 0 aliphatic rings. The van der Waals surface area contributed by atoms with Gasteiger partial charge in [0.15, 0.2) is 11.6 Å². The van der Waals surface area contributed by atoms with Crippen LogP contribution in [0.2, 0.25) is 0 Å². The minimum absolute atomic E-state index is 0.450. The van der Waals surface area contributed by atoms with Gasteiger partial charge in [-0.05, 0) is 15.9 Å². The van der Waals surface area contributed by atoms with Crippen molar-refractivity contribution < 1.29 is 27.4 Å². The van der Waals surface area contributed by atoms with Gasteiger partial charge in [-0.3, -0.25) is 0 Å². The molecule has 0 radical (unpaired) electrons. The molecule has 1 rings (SSSR count). The Kier molecular flexibility index (Phi) is 4.53. The molecule has 0 N–H and O–H groups in total. The quantitative estimate of drug-likeness (QED) is 0.636. The van der Waals surface area contributed by atoms with Gasteiger partial charge in [-0.1, -0.05) is 0 Å². The molecule has 7 heteroatoms. The molecule has 0 saturated carbocycles. The predicted molar refractivity (Wildman–Crippen MR) is 56.1 cm³/mol.